The molecule has 8 heteroatoms. The molecule has 0 spiro atoms. The second kappa shape index (κ2) is 6.69. The summed E-state index contributed by atoms with van der Waals surface area (Å²) < 4.78 is 30.5. The minimum Gasteiger partial charge on any atom is -0.465 e. The molecule has 1 aromatic carbocycles. The summed E-state index contributed by atoms with van der Waals surface area (Å²) in [7, 11) is -2.43. The normalized spacial score (nSPS) is 11.6. The lowest BCUT2D eigenvalue weighted by atomic mass is 10.4. The van der Waals surface area contributed by atoms with Crippen LogP contribution in [0.4, 0.5) is 0 Å². The van der Waals surface area contributed by atoms with Crippen molar-refractivity contribution < 1.29 is 17.9 Å². The molecule has 0 atom stereocenters. The Labute approximate surface area is 125 Å². The molecule has 0 N–H and O–H groups in total. The number of halogens is 2. The minimum atomic E-state index is -3.75. The van der Waals surface area contributed by atoms with Crippen LogP contribution in [0.5, 0.6) is 0 Å². The van der Waals surface area contributed by atoms with E-state index in [1.54, 1.807) is 6.92 Å². The number of carbonyl (C=O) groups excluding carboxylic acids is 1. The number of benzene rings is 1. The lowest BCUT2D eigenvalue weighted by Crippen LogP contribution is -2.33. The molecular weight excluding hydrogens is 358 g/mol. The Morgan fingerprint density at radius 2 is 2.11 bits per heavy atom. The van der Waals surface area contributed by atoms with E-state index in [0.29, 0.717) is 9.50 Å². The quantitative estimate of drug-likeness (QED) is 0.746. The Balaban J connectivity index is 2.96. The molecule has 1 rings (SSSR count). The van der Waals surface area contributed by atoms with Crippen molar-refractivity contribution in [3.63, 3.8) is 0 Å². The van der Waals surface area contributed by atoms with Gasteiger partial charge in [0.1, 0.15) is 6.54 Å². The van der Waals surface area contributed by atoms with Crippen molar-refractivity contribution in [3.05, 3.63) is 27.7 Å². The van der Waals surface area contributed by atoms with Crippen LogP contribution in [0, 0.1) is 0 Å². The van der Waals surface area contributed by atoms with Crippen LogP contribution in [0.25, 0.3) is 0 Å². The van der Waals surface area contributed by atoms with Crippen LogP contribution in [0.3, 0.4) is 0 Å². The fourth-order valence-electron chi connectivity index (χ4n) is 1.29. The first kappa shape index (κ1) is 16.4. The van der Waals surface area contributed by atoms with E-state index in [4.69, 9.17) is 16.3 Å². The highest BCUT2D eigenvalue weighted by atomic mass is 79.9. The standard InChI is InChI=1S/C11H13BrClNO4S/c1-3-18-11(15)7-14(2)19(16,17)8-4-5-10(13)9(12)6-8/h4-6H,3,7H2,1-2H3. The summed E-state index contributed by atoms with van der Waals surface area (Å²) >= 11 is 8.96. The van der Waals surface area contributed by atoms with Crippen LogP contribution in [0.1, 0.15) is 6.92 Å². The van der Waals surface area contributed by atoms with E-state index in [-0.39, 0.29) is 18.0 Å². The molecule has 0 aliphatic heterocycles. The Kier molecular flexibility index (Phi) is 5.79. The van der Waals surface area contributed by atoms with Crippen molar-refractivity contribution in [2.24, 2.45) is 0 Å². The Bertz CT molecular complexity index is 576. The molecule has 0 radical (unpaired) electrons. The third-order valence-electron chi connectivity index (χ3n) is 2.26. The van der Waals surface area contributed by atoms with Crippen molar-refractivity contribution >= 4 is 43.5 Å². The van der Waals surface area contributed by atoms with Crippen LogP contribution in [-0.4, -0.2) is 38.9 Å². The van der Waals surface area contributed by atoms with Gasteiger partial charge in [-0.05, 0) is 41.1 Å². The molecule has 1 aromatic rings. The van der Waals surface area contributed by atoms with Crippen LogP contribution >= 0.6 is 27.5 Å². The summed E-state index contributed by atoms with van der Waals surface area (Å²) in [5.41, 5.74) is 0. The Morgan fingerprint density at radius 3 is 2.63 bits per heavy atom. The van der Waals surface area contributed by atoms with Crippen LogP contribution < -0.4 is 0 Å². The summed E-state index contributed by atoms with van der Waals surface area (Å²) in [4.78, 5) is 11.3. The maximum atomic E-state index is 12.2. The van der Waals surface area contributed by atoms with Crippen molar-refractivity contribution in [1.82, 2.24) is 4.31 Å². The van der Waals surface area contributed by atoms with Crippen molar-refractivity contribution in [1.29, 1.82) is 0 Å². The molecule has 0 fully saturated rings. The molecule has 19 heavy (non-hydrogen) atoms. The van der Waals surface area contributed by atoms with Gasteiger partial charge in [0.25, 0.3) is 0 Å². The van der Waals surface area contributed by atoms with E-state index >= 15 is 0 Å². The van der Waals surface area contributed by atoms with Crippen LogP contribution in [0.15, 0.2) is 27.6 Å². The van der Waals surface area contributed by atoms with Gasteiger partial charge in [-0.15, -0.1) is 0 Å². The molecule has 0 aliphatic rings. The number of esters is 1. The highest BCUT2D eigenvalue weighted by Crippen LogP contribution is 2.26. The molecule has 5 nitrogen and oxygen atoms in total. The van der Waals surface area contributed by atoms with Gasteiger partial charge < -0.3 is 4.74 Å². The summed E-state index contributed by atoms with van der Waals surface area (Å²) in [5.74, 6) is -0.596. The van der Waals surface area contributed by atoms with Gasteiger partial charge in [0.05, 0.1) is 16.5 Å². The number of nitrogens with zero attached hydrogens (tertiary/aromatic N) is 1. The average Bonchev–Trinajstić information content (AvgIpc) is 2.32. The van der Waals surface area contributed by atoms with Crippen molar-refractivity contribution in [2.75, 3.05) is 20.2 Å². The Hall–Kier alpha value is -0.630. The lowest BCUT2D eigenvalue weighted by molar-refractivity contribution is -0.143. The monoisotopic (exact) mass is 369 g/mol. The zero-order chi connectivity index (χ0) is 14.6. The molecule has 0 bridgehead atoms. The summed E-state index contributed by atoms with van der Waals surface area (Å²) in [6.45, 7) is 1.53. The summed E-state index contributed by atoms with van der Waals surface area (Å²) in [5, 5.41) is 0.409. The molecular formula is C11H13BrClNO4S. The Morgan fingerprint density at radius 1 is 1.47 bits per heavy atom. The number of rotatable bonds is 5. The van der Waals surface area contributed by atoms with E-state index in [0.717, 1.165) is 4.31 Å². The first-order valence-corrected chi connectivity index (χ1v) is 7.97. The zero-order valence-corrected chi connectivity index (χ0v) is 13.5. The second-order valence-corrected chi connectivity index (χ2v) is 6.95. The molecule has 0 aliphatic carbocycles. The largest absolute Gasteiger partial charge is 0.465 e. The van der Waals surface area contributed by atoms with Gasteiger partial charge in [0, 0.05) is 11.5 Å². The molecule has 0 amide bonds. The smallest absolute Gasteiger partial charge is 0.321 e. The number of ether oxygens (including phenoxy) is 1. The predicted molar refractivity (Wildman–Crippen MR) is 75.6 cm³/mol. The van der Waals surface area contributed by atoms with Gasteiger partial charge in [-0.2, -0.15) is 4.31 Å². The fourth-order valence-corrected chi connectivity index (χ4v) is 3.08. The SMILES string of the molecule is CCOC(=O)CN(C)S(=O)(=O)c1ccc(Cl)c(Br)c1. The van der Waals surface area contributed by atoms with Gasteiger partial charge in [-0.3, -0.25) is 4.79 Å². The van der Waals surface area contributed by atoms with E-state index in [9.17, 15) is 13.2 Å². The van der Waals surface area contributed by atoms with Gasteiger partial charge in [-0.25, -0.2) is 8.42 Å². The van der Waals surface area contributed by atoms with Gasteiger partial charge in [0.2, 0.25) is 10.0 Å². The third-order valence-corrected chi connectivity index (χ3v) is 5.27. The predicted octanol–water partition coefficient (Wildman–Crippen LogP) is 2.29. The lowest BCUT2D eigenvalue weighted by Gasteiger charge is -2.16. The molecule has 0 unspecified atom stereocenters. The summed E-state index contributed by atoms with van der Waals surface area (Å²) in [6, 6.07) is 4.24. The van der Waals surface area contributed by atoms with Crippen LogP contribution in [-0.2, 0) is 19.6 Å². The number of hydrogen-bond acceptors (Lipinski definition) is 4. The fraction of sp³-hybridized carbons (Fsp3) is 0.364. The van der Waals surface area contributed by atoms with E-state index < -0.39 is 16.0 Å². The van der Waals surface area contributed by atoms with E-state index in [2.05, 4.69) is 15.9 Å². The topological polar surface area (TPSA) is 63.7 Å². The highest BCUT2D eigenvalue weighted by Gasteiger charge is 2.24. The van der Waals surface area contributed by atoms with E-state index in [1.165, 1.54) is 25.2 Å². The summed E-state index contributed by atoms with van der Waals surface area (Å²) in [6.07, 6.45) is 0. The third kappa shape index (κ3) is 4.17. The van der Waals surface area contributed by atoms with Gasteiger partial charge >= 0.3 is 5.97 Å². The minimum absolute atomic E-state index is 0.0515. The van der Waals surface area contributed by atoms with Crippen molar-refractivity contribution in [2.45, 2.75) is 11.8 Å². The van der Waals surface area contributed by atoms with Gasteiger partial charge in [-0.1, -0.05) is 11.6 Å². The second-order valence-electron chi connectivity index (χ2n) is 3.64. The van der Waals surface area contributed by atoms with Crippen LogP contribution in [0.2, 0.25) is 5.02 Å². The maximum Gasteiger partial charge on any atom is 0.321 e. The first-order chi connectivity index (χ1) is 8.78. The molecule has 0 saturated heterocycles. The first-order valence-electron chi connectivity index (χ1n) is 5.36. The zero-order valence-electron chi connectivity index (χ0n) is 10.4. The van der Waals surface area contributed by atoms with E-state index in [1.807, 2.05) is 0 Å². The van der Waals surface area contributed by atoms with Gasteiger partial charge in [0.15, 0.2) is 0 Å². The average molecular weight is 371 g/mol. The molecule has 0 heterocycles. The molecule has 0 aromatic heterocycles. The number of likely N-dealkylation sites (N-methyl/N-ethyl adjacent to an activating group) is 1. The maximum absolute atomic E-state index is 12.2. The number of carbonyl (C=O) groups is 1. The number of hydrogen-bond donors (Lipinski definition) is 0. The molecule has 106 valence electrons. The highest BCUT2D eigenvalue weighted by molar-refractivity contribution is 9.10. The molecule has 0 saturated carbocycles. The van der Waals surface area contributed by atoms with Crippen molar-refractivity contribution in [3.8, 4) is 0 Å². The number of sulfonamides is 1.